The molecule has 2 heteroatoms. The summed E-state index contributed by atoms with van der Waals surface area (Å²) in [7, 11) is 0. The molecule has 1 heterocycles. The maximum atomic E-state index is 9.84. The summed E-state index contributed by atoms with van der Waals surface area (Å²) in [5.41, 5.74) is 1.71. The van der Waals surface area contributed by atoms with Gasteiger partial charge in [-0.1, -0.05) is 6.92 Å². The summed E-state index contributed by atoms with van der Waals surface area (Å²) in [6.45, 7) is 2.00. The fourth-order valence-corrected chi connectivity index (χ4v) is 1.64. The highest BCUT2D eigenvalue weighted by Crippen LogP contribution is 2.40. The number of aromatic nitrogens is 1. The Balaban J connectivity index is 2.43. The van der Waals surface area contributed by atoms with Crippen molar-refractivity contribution < 1.29 is 5.11 Å². The highest BCUT2D eigenvalue weighted by molar-refractivity contribution is 5.40. The van der Waals surface area contributed by atoms with Gasteiger partial charge in [-0.15, -0.1) is 0 Å². The van der Waals surface area contributed by atoms with Gasteiger partial charge in [-0.05, 0) is 23.6 Å². The molecule has 0 fully saturated rings. The number of pyridine rings is 1. The van der Waals surface area contributed by atoms with Crippen LogP contribution in [0.5, 0.6) is 0 Å². The van der Waals surface area contributed by atoms with Gasteiger partial charge in [-0.25, -0.2) is 0 Å². The second-order valence-electron chi connectivity index (χ2n) is 3.09. The zero-order chi connectivity index (χ0) is 7.90. The van der Waals surface area contributed by atoms with Crippen LogP contribution in [0.2, 0.25) is 0 Å². The first-order valence-corrected chi connectivity index (χ1v) is 3.92. The van der Waals surface area contributed by atoms with Crippen LogP contribution in [0.3, 0.4) is 0 Å². The van der Waals surface area contributed by atoms with Crippen LogP contribution in [-0.2, 0) is 12.0 Å². The summed E-state index contributed by atoms with van der Waals surface area (Å²) in [6.07, 6.45) is 5.13. The average molecular weight is 149 g/mol. The van der Waals surface area contributed by atoms with E-state index in [-0.39, 0.29) is 0 Å². The third kappa shape index (κ3) is 0.792. The van der Waals surface area contributed by atoms with E-state index in [1.165, 1.54) is 5.56 Å². The maximum absolute atomic E-state index is 9.84. The summed E-state index contributed by atoms with van der Waals surface area (Å²) >= 11 is 0. The monoisotopic (exact) mass is 149 g/mol. The van der Waals surface area contributed by atoms with Crippen molar-refractivity contribution >= 4 is 0 Å². The van der Waals surface area contributed by atoms with Crippen LogP contribution in [0, 0.1) is 0 Å². The van der Waals surface area contributed by atoms with Crippen molar-refractivity contribution in [1.82, 2.24) is 4.98 Å². The molecule has 1 aromatic rings. The molecule has 2 nitrogen and oxygen atoms in total. The van der Waals surface area contributed by atoms with E-state index >= 15 is 0 Å². The van der Waals surface area contributed by atoms with E-state index in [0.717, 1.165) is 18.4 Å². The highest BCUT2D eigenvalue weighted by Gasteiger charge is 2.38. The Bertz CT molecular complexity index is 285. The third-order valence-corrected chi connectivity index (χ3v) is 2.47. The highest BCUT2D eigenvalue weighted by atomic mass is 16.3. The first-order valence-electron chi connectivity index (χ1n) is 3.92. The van der Waals surface area contributed by atoms with Gasteiger partial charge in [0.1, 0.15) is 0 Å². The van der Waals surface area contributed by atoms with Gasteiger partial charge in [-0.3, -0.25) is 4.98 Å². The molecule has 0 aliphatic heterocycles. The predicted octanol–water partition coefficient (Wildman–Crippen LogP) is 1.24. The lowest BCUT2D eigenvalue weighted by molar-refractivity contribution is 0.00839. The lowest BCUT2D eigenvalue weighted by Gasteiger charge is -2.38. The Morgan fingerprint density at radius 1 is 1.73 bits per heavy atom. The molecular weight excluding hydrogens is 138 g/mol. The molecule has 1 aromatic heterocycles. The molecule has 1 unspecified atom stereocenters. The molecule has 1 aliphatic carbocycles. The number of hydrogen-bond donors (Lipinski definition) is 1. The van der Waals surface area contributed by atoms with E-state index in [2.05, 4.69) is 4.98 Å². The molecule has 0 bridgehead atoms. The Morgan fingerprint density at radius 3 is 3.18 bits per heavy atom. The van der Waals surface area contributed by atoms with Crippen molar-refractivity contribution in [3.8, 4) is 0 Å². The van der Waals surface area contributed by atoms with Crippen molar-refractivity contribution in [2.45, 2.75) is 25.4 Å². The van der Waals surface area contributed by atoms with Gasteiger partial charge in [0.25, 0.3) is 0 Å². The smallest absolute Gasteiger partial charge is 0.0938 e. The molecule has 0 amide bonds. The van der Waals surface area contributed by atoms with Crippen molar-refractivity contribution in [2.75, 3.05) is 0 Å². The topological polar surface area (TPSA) is 33.1 Å². The number of hydrogen-bond acceptors (Lipinski definition) is 2. The van der Waals surface area contributed by atoms with Crippen molar-refractivity contribution in [3.05, 3.63) is 29.6 Å². The normalized spacial score (nSPS) is 27.5. The average Bonchev–Trinajstić information content (AvgIpc) is 2.02. The Labute approximate surface area is 65.9 Å². The summed E-state index contributed by atoms with van der Waals surface area (Å²) in [4.78, 5) is 3.99. The lowest BCUT2D eigenvalue weighted by atomic mass is 9.73. The first kappa shape index (κ1) is 6.80. The molecule has 0 radical (unpaired) electrons. The van der Waals surface area contributed by atoms with Gasteiger partial charge in [0.05, 0.1) is 5.60 Å². The largest absolute Gasteiger partial charge is 0.385 e. The fraction of sp³-hybridized carbons (Fsp3) is 0.444. The molecular formula is C9H11NO. The maximum Gasteiger partial charge on any atom is 0.0938 e. The SMILES string of the molecule is CCC1(O)Cc2cnccc21. The van der Waals surface area contributed by atoms with Gasteiger partial charge in [0.2, 0.25) is 0 Å². The molecule has 0 aromatic carbocycles. The summed E-state index contributed by atoms with van der Waals surface area (Å²) in [5.74, 6) is 0. The van der Waals surface area contributed by atoms with Gasteiger partial charge in [-0.2, -0.15) is 0 Å². The van der Waals surface area contributed by atoms with E-state index in [4.69, 9.17) is 0 Å². The number of nitrogens with zero attached hydrogens (tertiary/aromatic N) is 1. The predicted molar refractivity (Wildman–Crippen MR) is 42.1 cm³/mol. The van der Waals surface area contributed by atoms with Gasteiger partial charge < -0.3 is 5.11 Å². The number of fused-ring (bicyclic) bond motifs is 1. The summed E-state index contributed by atoms with van der Waals surface area (Å²) < 4.78 is 0. The van der Waals surface area contributed by atoms with E-state index < -0.39 is 5.60 Å². The molecule has 1 atom stereocenters. The second-order valence-corrected chi connectivity index (χ2v) is 3.09. The summed E-state index contributed by atoms with van der Waals surface area (Å²) in [5, 5.41) is 9.84. The molecule has 58 valence electrons. The van der Waals surface area contributed by atoms with Gasteiger partial charge in [0, 0.05) is 18.8 Å². The van der Waals surface area contributed by atoms with Crippen LogP contribution >= 0.6 is 0 Å². The third-order valence-electron chi connectivity index (χ3n) is 2.47. The zero-order valence-corrected chi connectivity index (χ0v) is 6.54. The second kappa shape index (κ2) is 2.05. The van der Waals surface area contributed by atoms with Crippen molar-refractivity contribution in [3.63, 3.8) is 0 Å². The summed E-state index contributed by atoms with van der Waals surface area (Å²) in [6, 6.07) is 1.91. The van der Waals surface area contributed by atoms with Crippen molar-refractivity contribution in [1.29, 1.82) is 0 Å². The molecule has 1 aliphatic rings. The van der Waals surface area contributed by atoms with E-state index in [9.17, 15) is 5.11 Å². The molecule has 0 saturated heterocycles. The fourth-order valence-electron chi connectivity index (χ4n) is 1.64. The minimum Gasteiger partial charge on any atom is -0.385 e. The van der Waals surface area contributed by atoms with E-state index in [0.29, 0.717) is 0 Å². The first-order chi connectivity index (χ1) is 5.26. The van der Waals surface area contributed by atoms with Crippen molar-refractivity contribution in [2.24, 2.45) is 0 Å². The molecule has 0 saturated carbocycles. The minimum absolute atomic E-state index is 0.543. The lowest BCUT2D eigenvalue weighted by Crippen LogP contribution is -2.37. The molecule has 0 spiro atoms. The Kier molecular flexibility index (Phi) is 1.26. The number of aliphatic hydroxyl groups is 1. The minimum atomic E-state index is -0.543. The van der Waals surface area contributed by atoms with Crippen LogP contribution in [0.4, 0.5) is 0 Å². The Morgan fingerprint density at radius 2 is 2.55 bits per heavy atom. The van der Waals surface area contributed by atoms with Crippen LogP contribution < -0.4 is 0 Å². The molecule has 11 heavy (non-hydrogen) atoms. The van der Waals surface area contributed by atoms with Gasteiger partial charge in [0.15, 0.2) is 0 Å². The van der Waals surface area contributed by atoms with Crippen LogP contribution in [-0.4, -0.2) is 10.1 Å². The standard InChI is InChI=1S/C9H11NO/c1-2-9(11)5-7-6-10-4-3-8(7)9/h3-4,6,11H,2,5H2,1H3. The molecule has 2 rings (SSSR count). The van der Waals surface area contributed by atoms with Crippen LogP contribution in [0.15, 0.2) is 18.5 Å². The zero-order valence-electron chi connectivity index (χ0n) is 6.54. The quantitative estimate of drug-likeness (QED) is 0.651. The van der Waals surface area contributed by atoms with E-state index in [1.54, 1.807) is 6.20 Å². The van der Waals surface area contributed by atoms with Crippen LogP contribution in [0.25, 0.3) is 0 Å². The Hall–Kier alpha value is -0.890. The van der Waals surface area contributed by atoms with Crippen LogP contribution in [0.1, 0.15) is 24.5 Å². The number of rotatable bonds is 1. The molecule has 1 N–H and O–H groups in total. The van der Waals surface area contributed by atoms with Gasteiger partial charge >= 0.3 is 0 Å². The van der Waals surface area contributed by atoms with E-state index in [1.807, 2.05) is 19.2 Å².